The summed E-state index contributed by atoms with van der Waals surface area (Å²) in [5.41, 5.74) is 4.74. The van der Waals surface area contributed by atoms with E-state index in [9.17, 15) is 4.79 Å². The maximum Gasteiger partial charge on any atom is 0.166 e. The van der Waals surface area contributed by atoms with Crippen molar-refractivity contribution in [1.82, 2.24) is 0 Å². The number of fused-ring (bicyclic) bond motifs is 1. The largest absolute Gasteiger partial charge is 0.294 e. The van der Waals surface area contributed by atoms with Crippen LogP contribution in [0.15, 0.2) is 34.4 Å². The Morgan fingerprint density at radius 3 is 2.53 bits per heavy atom. The number of Topliss-reactive ketones (excluding diaryl/α,β-unsaturated/α-hetero) is 1. The zero-order chi connectivity index (χ0) is 11.2. The average molecular weight is 202 g/mol. The fourth-order valence-electron chi connectivity index (χ4n) is 2.85. The Kier molecular flexibility index (Phi) is 2.41. The number of hydrogen-bond donors (Lipinski definition) is 0. The van der Waals surface area contributed by atoms with Crippen LogP contribution in [-0.2, 0) is 4.79 Å². The fraction of sp³-hybridized carbons (Fsp3) is 0.500. The van der Waals surface area contributed by atoms with Crippen LogP contribution in [0.25, 0.3) is 0 Å². The van der Waals surface area contributed by atoms with Crippen molar-refractivity contribution in [3.8, 4) is 0 Å². The smallest absolute Gasteiger partial charge is 0.166 e. The van der Waals surface area contributed by atoms with Crippen LogP contribution in [0.3, 0.4) is 0 Å². The molecule has 0 bridgehead atoms. The van der Waals surface area contributed by atoms with Gasteiger partial charge < -0.3 is 0 Å². The van der Waals surface area contributed by atoms with E-state index in [0.717, 1.165) is 12.0 Å². The first-order valence-corrected chi connectivity index (χ1v) is 5.71. The number of carbonyl (C=O) groups is 1. The molecule has 80 valence electrons. The summed E-state index contributed by atoms with van der Waals surface area (Å²) in [5, 5.41) is 0. The van der Waals surface area contributed by atoms with Crippen LogP contribution in [0.1, 0.15) is 34.1 Å². The molecule has 0 saturated carbocycles. The van der Waals surface area contributed by atoms with E-state index in [0.29, 0.717) is 11.7 Å². The van der Waals surface area contributed by atoms with Crippen LogP contribution in [0.4, 0.5) is 0 Å². The summed E-state index contributed by atoms with van der Waals surface area (Å²) >= 11 is 0. The Hall–Kier alpha value is -1.11. The summed E-state index contributed by atoms with van der Waals surface area (Å²) in [6.07, 6.45) is 5.24. The van der Waals surface area contributed by atoms with Crippen LogP contribution >= 0.6 is 0 Å². The van der Waals surface area contributed by atoms with Crippen LogP contribution in [0.2, 0.25) is 0 Å². The molecule has 0 amide bonds. The van der Waals surface area contributed by atoms with Gasteiger partial charge in [0.1, 0.15) is 0 Å². The molecule has 15 heavy (non-hydrogen) atoms. The molecular formula is C14H18O. The van der Waals surface area contributed by atoms with Gasteiger partial charge in [0.25, 0.3) is 0 Å². The molecule has 1 heteroatoms. The molecule has 0 aromatic heterocycles. The third-order valence-corrected chi connectivity index (χ3v) is 3.74. The van der Waals surface area contributed by atoms with Crippen LogP contribution in [0, 0.1) is 11.8 Å². The van der Waals surface area contributed by atoms with Gasteiger partial charge in [-0.25, -0.2) is 0 Å². The van der Waals surface area contributed by atoms with Crippen molar-refractivity contribution in [2.45, 2.75) is 34.1 Å². The van der Waals surface area contributed by atoms with Gasteiger partial charge in [-0.3, -0.25) is 4.79 Å². The molecule has 1 nitrogen and oxygen atoms in total. The minimum atomic E-state index is 0.157. The predicted octanol–water partition coefficient (Wildman–Crippen LogP) is 3.43. The van der Waals surface area contributed by atoms with Crippen molar-refractivity contribution in [3.63, 3.8) is 0 Å². The number of carbonyl (C=O) groups excluding carboxylic acids is 1. The first kappa shape index (κ1) is 10.4. The van der Waals surface area contributed by atoms with E-state index in [1.54, 1.807) is 0 Å². The molecule has 2 atom stereocenters. The van der Waals surface area contributed by atoms with E-state index in [1.165, 1.54) is 16.7 Å². The van der Waals surface area contributed by atoms with E-state index in [2.05, 4.69) is 33.8 Å². The SMILES string of the molecule is CCC1C(C)=C2C=C(C)C=C2C(=O)C1C. The van der Waals surface area contributed by atoms with Gasteiger partial charge in [-0.05, 0) is 43.4 Å². The molecule has 2 aliphatic rings. The standard InChI is InChI=1S/C14H18O/c1-5-11-9(3)12-6-8(2)7-13(12)14(15)10(11)4/h6-7,10-11H,5H2,1-4H3. The third kappa shape index (κ3) is 1.41. The monoisotopic (exact) mass is 202 g/mol. The van der Waals surface area contributed by atoms with Gasteiger partial charge in [0.05, 0.1) is 0 Å². The molecule has 0 aromatic carbocycles. The van der Waals surface area contributed by atoms with Gasteiger partial charge >= 0.3 is 0 Å². The molecule has 2 aliphatic carbocycles. The lowest BCUT2D eigenvalue weighted by molar-refractivity contribution is -0.120. The van der Waals surface area contributed by atoms with Gasteiger partial charge in [0.2, 0.25) is 0 Å². The maximum absolute atomic E-state index is 12.1. The van der Waals surface area contributed by atoms with Gasteiger partial charge in [-0.1, -0.05) is 25.5 Å². The third-order valence-electron chi connectivity index (χ3n) is 3.74. The number of hydrogen-bond acceptors (Lipinski definition) is 1. The highest BCUT2D eigenvalue weighted by atomic mass is 16.1. The zero-order valence-corrected chi connectivity index (χ0v) is 9.92. The highest BCUT2D eigenvalue weighted by Crippen LogP contribution is 2.40. The first-order chi connectivity index (χ1) is 7.06. The number of allylic oxidation sites excluding steroid dienone is 6. The van der Waals surface area contributed by atoms with Crippen molar-refractivity contribution in [1.29, 1.82) is 0 Å². The molecule has 0 heterocycles. The Balaban J connectivity index is 2.55. The van der Waals surface area contributed by atoms with E-state index in [1.807, 2.05) is 6.08 Å². The molecule has 0 saturated heterocycles. The van der Waals surface area contributed by atoms with Gasteiger partial charge in [-0.15, -0.1) is 0 Å². The zero-order valence-electron chi connectivity index (χ0n) is 9.92. The molecule has 0 spiro atoms. The Labute approximate surface area is 91.6 Å². The highest BCUT2D eigenvalue weighted by molar-refractivity contribution is 6.05. The molecule has 0 aliphatic heterocycles. The summed E-state index contributed by atoms with van der Waals surface area (Å²) in [6, 6.07) is 0. The Bertz CT molecular complexity index is 407. The van der Waals surface area contributed by atoms with Crippen LogP contribution in [0.5, 0.6) is 0 Å². The lowest BCUT2D eigenvalue weighted by Crippen LogP contribution is -2.28. The lowest BCUT2D eigenvalue weighted by atomic mass is 9.73. The second kappa shape index (κ2) is 3.48. The van der Waals surface area contributed by atoms with Crippen LogP contribution in [-0.4, -0.2) is 5.78 Å². The average Bonchev–Trinajstić information content (AvgIpc) is 2.58. The second-order valence-corrected chi connectivity index (χ2v) is 4.71. The van der Waals surface area contributed by atoms with E-state index in [4.69, 9.17) is 0 Å². The summed E-state index contributed by atoms with van der Waals surface area (Å²) in [5.74, 6) is 0.923. The summed E-state index contributed by atoms with van der Waals surface area (Å²) in [4.78, 5) is 12.1. The Morgan fingerprint density at radius 1 is 1.27 bits per heavy atom. The number of ketones is 1. The summed E-state index contributed by atoms with van der Waals surface area (Å²) < 4.78 is 0. The molecule has 2 unspecified atom stereocenters. The van der Waals surface area contributed by atoms with Gasteiger partial charge in [-0.2, -0.15) is 0 Å². The summed E-state index contributed by atoms with van der Waals surface area (Å²) in [6.45, 7) is 8.46. The quantitative estimate of drug-likeness (QED) is 0.636. The Morgan fingerprint density at radius 2 is 1.93 bits per heavy atom. The molecule has 0 radical (unpaired) electrons. The van der Waals surface area contributed by atoms with Gasteiger partial charge in [0, 0.05) is 11.5 Å². The van der Waals surface area contributed by atoms with Crippen molar-refractivity contribution >= 4 is 5.78 Å². The molecular weight excluding hydrogens is 184 g/mol. The minimum absolute atomic E-state index is 0.157. The predicted molar refractivity (Wildman–Crippen MR) is 62.5 cm³/mol. The maximum atomic E-state index is 12.1. The molecule has 0 N–H and O–H groups in total. The highest BCUT2D eigenvalue weighted by Gasteiger charge is 2.35. The molecule has 0 aromatic rings. The first-order valence-electron chi connectivity index (χ1n) is 5.71. The summed E-state index contributed by atoms with van der Waals surface area (Å²) in [7, 11) is 0. The van der Waals surface area contributed by atoms with Crippen molar-refractivity contribution in [2.75, 3.05) is 0 Å². The topological polar surface area (TPSA) is 17.1 Å². The van der Waals surface area contributed by atoms with Crippen molar-refractivity contribution < 1.29 is 4.79 Å². The van der Waals surface area contributed by atoms with E-state index >= 15 is 0 Å². The van der Waals surface area contributed by atoms with Crippen molar-refractivity contribution in [3.05, 3.63) is 34.4 Å². The van der Waals surface area contributed by atoms with Crippen molar-refractivity contribution in [2.24, 2.45) is 11.8 Å². The minimum Gasteiger partial charge on any atom is -0.294 e. The van der Waals surface area contributed by atoms with E-state index < -0.39 is 0 Å². The van der Waals surface area contributed by atoms with E-state index in [-0.39, 0.29) is 5.92 Å². The lowest BCUT2D eigenvalue weighted by Gasteiger charge is -2.30. The van der Waals surface area contributed by atoms with Crippen LogP contribution < -0.4 is 0 Å². The normalized spacial score (nSPS) is 30.3. The number of rotatable bonds is 1. The van der Waals surface area contributed by atoms with Gasteiger partial charge in [0.15, 0.2) is 5.78 Å². The fourth-order valence-corrected chi connectivity index (χ4v) is 2.85. The molecule has 0 fully saturated rings. The molecule has 2 rings (SSSR count). The second-order valence-electron chi connectivity index (χ2n) is 4.71.